The second kappa shape index (κ2) is 5.36. The van der Waals surface area contributed by atoms with E-state index >= 15 is 0 Å². The lowest BCUT2D eigenvalue weighted by molar-refractivity contribution is 0.0923. The molecule has 2 heteroatoms. The predicted octanol–water partition coefficient (Wildman–Crippen LogP) is 3.48. The number of benzene rings is 1. The molecule has 3 rings (SSSR count). The maximum absolute atomic E-state index is 12.3. The Bertz CT molecular complexity index is 472. The van der Waals surface area contributed by atoms with Gasteiger partial charge in [0, 0.05) is 11.6 Å². The first-order valence-electron chi connectivity index (χ1n) is 7.65. The molecule has 0 saturated heterocycles. The van der Waals surface area contributed by atoms with Gasteiger partial charge >= 0.3 is 0 Å². The molecule has 2 aliphatic rings. The number of amides is 1. The van der Waals surface area contributed by atoms with Gasteiger partial charge in [0.25, 0.3) is 5.91 Å². The maximum atomic E-state index is 12.3. The first kappa shape index (κ1) is 12.7. The lowest BCUT2D eigenvalue weighted by Crippen LogP contribution is -2.37. The minimum Gasteiger partial charge on any atom is -0.349 e. The summed E-state index contributed by atoms with van der Waals surface area (Å²) in [6.07, 6.45) is 8.32. The van der Waals surface area contributed by atoms with Gasteiger partial charge in [0.1, 0.15) is 0 Å². The molecule has 2 nitrogen and oxygen atoms in total. The van der Waals surface area contributed by atoms with Crippen LogP contribution in [-0.4, -0.2) is 11.9 Å². The minimum absolute atomic E-state index is 0.120. The van der Waals surface area contributed by atoms with Crippen LogP contribution < -0.4 is 5.32 Å². The highest BCUT2D eigenvalue weighted by Gasteiger charge is 2.21. The van der Waals surface area contributed by atoms with Crippen LogP contribution in [0.2, 0.25) is 0 Å². The zero-order chi connectivity index (χ0) is 13.2. The lowest BCUT2D eigenvalue weighted by atomic mass is 9.87. The summed E-state index contributed by atoms with van der Waals surface area (Å²) in [5.74, 6) is 0.947. The van der Waals surface area contributed by atoms with E-state index in [1.165, 1.54) is 36.8 Å². The highest BCUT2D eigenvalue weighted by Crippen LogP contribution is 2.25. The Hall–Kier alpha value is -1.31. The average Bonchev–Trinajstić information content (AvgIpc) is 2.88. The van der Waals surface area contributed by atoms with Crippen molar-refractivity contribution in [1.29, 1.82) is 0 Å². The first-order chi connectivity index (χ1) is 9.22. The number of hydrogen-bond acceptors (Lipinski definition) is 1. The number of carbonyl (C=O) groups is 1. The number of fused-ring (bicyclic) bond motifs is 1. The second-order valence-corrected chi connectivity index (χ2v) is 6.27. The first-order valence-corrected chi connectivity index (χ1v) is 7.65. The number of rotatable bonds is 2. The number of hydrogen-bond donors (Lipinski definition) is 1. The van der Waals surface area contributed by atoms with Crippen molar-refractivity contribution in [2.45, 2.75) is 57.9 Å². The van der Waals surface area contributed by atoms with Crippen molar-refractivity contribution in [1.82, 2.24) is 5.32 Å². The Labute approximate surface area is 115 Å². The fraction of sp³-hybridized carbons (Fsp3) is 0.588. The molecule has 19 heavy (non-hydrogen) atoms. The SMILES string of the molecule is CC1CCC(NC(=O)c2ccc3c(c2)CCC3)CC1. The van der Waals surface area contributed by atoms with Crippen LogP contribution in [0, 0.1) is 5.92 Å². The Balaban J connectivity index is 1.64. The molecule has 1 aromatic carbocycles. The van der Waals surface area contributed by atoms with Gasteiger partial charge in [-0.05, 0) is 74.1 Å². The van der Waals surface area contributed by atoms with Crippen molar-refractivity contribution in [3.8, 4) is 0 Å². The van der Waals surface area contributed by atoms with Crippen LogP contribution in [0.5, 0.6) is 0 Å². The topological polar surface area (TPSA) is 29.1 Å². The van der Waals surface area contributed by atoms with Crippen LogP contribution in [0.1, 0.15) is 60.5 Å². The Morgan fingerprint density at radius 1 is 1.11 bits per heavy atom. The second-order valence-electron chi connectivity index (χ2n) is 6.27. The highest BCUT2D eigenvalue weighted by atomic mass is 16.1. The smallest absolute Gasteiger partial charge is 0.251 e. The zero-order valence-electron chi connectivity index (χ0n) is 11.7. The largest absolute Gasteiger partial charge is 0.349 e. The Kier molecular flexibility index (Phi) is 3.58. The Morgan fingerprint density at radius 2 is 1.84 bits per heavy atom. The van der Waals surface area contributed by atoms with Crippen LogP contribution in [0.25, 0.3) is 0 Å². The summed E-state index contributed by atoms with van der Waals surface area (Å²) < 4.78 is 0. The molecule has 1 saturated carbocycles. The monoisotopic (exact) mass is 257 g/mol. The normalized spacial score (nSPS) is 25.9. The molecule has 0 atom stereocenters. The molecular formula is C17H23NO. The summed E-state index contributed by atoms with van der Waals surface area (Å²) in [5, 5.41) is 3.21. The third-order valence-corrected chi connectivity index (χ3v) is 4.71. The summed E-state index contributed by atoms with van der Waals surface area (Å²) in [6.45, 7) is 2.30. The van der Waals surface area contributed by atoms with Crippen LogP contribution in [0.3, 0.4) is 0 Å². The van der Waals surface area contributed by atoms with Gasteiger partial charge in [-0.1, -0.05) is 13.0 Å². The van der Waals surface area contributed by atoms with Crippen molar-refractivity contribution < 1.29 is 4.79 Å². The van der Waals surface area contributed by atoms with E-state index < -0.39 is 0 Å². The average molecular weight is 257 g/mol. The third-order valence-electron chi connectivity index (χ3n) is 4.71. The molecular weight excluding hydrogens is 234 g/mol. The van der Waals surface area contributed by atoms with E-state index in [2.05, 4.69) is 24.4 Å². The summed E-state index contributed by atoms with van der Waals surface area (Å²) in [5.41, 5.74) is 3.66. The van der Waals surface area contributed by atoms with Crippen molar-refractivity contribution >= 4 is 5.91 Å². The van der Waals surface area contributed by atoms with E-state index in [0.29, 0.717) is 6.04 Å². The van der Waals surface area contributed by atoms with Gasteiger partial charge in [-0.2, -0.15) is 0 Å². The molecule has 0 aliphatic heterocycles. The fourth-order valence-electron chi connectivity index (χ4n) is 3.39. The molecule has 1 aromatic rings. The quantitative estimate of drug-likeness (QED) is 0.863. The summed E-state index contributed by atoms with van der Waals surface area (Å²) in [4.78, 5) is 12.3. The van der Waals surface area contributed by atoms with Crippen molar-refractivity contribution in [3.63, 3.8) is 0 Å². The highest BCUT2D eigenvalue weighted by molar-refractivity contribution is 5.94. The molecule has 2 aliphatic carbocycles. The summed E-state index contributed by atoms with van der Waals surface area (Å²) >= 11 is 0. The van der Waals surface area contributed by atoms with Crippen LogP contribution in [0.15, 0.2) is 18.2 Å². The van der Waals surface area contributed by atoms with E-state index in [1.807, 2.05) is 6.07 Å². The molecule has 0 radical (unpaired) electrons. The molecule has 0 aromatic heterocycles. The van der Waals surface area contributed by atoms with E-state index in [-0.39, 0.29) is 5.91 Å². The molecule has 1 fully saturated rings. The van der Waals surface area contributed by atoms with E-state index in [0.717, 1.165) is 30.7 Å². The standard InChI is InChI=1S/C17H23NO/c1-12-5-9-16(10-6-12)18-17(19)15-8-7-13-3-2-4-14(13)11-15/h7-8,11-12,16H,2-6,9-10H2,1H3,(H,18,19). The molecule has 1 amide bonds. The lowest BCUT2D eigenvalue weighted by Gasteiger charge is -2.27. The van der Waals surface area contributed by atoms with Gasteiger partial charge in [-0.25, -0.2) is 0 Å². The molecule has 0 spiro atoms. The third kappa shape index (κ3) is 2.83. The van der Waals surface area contributed by atoms with Crippen LogP contribution >= 0.6 is 0 Å². The summed E-state index contributed by atoms with van der Waals surface area (Å²) in [6, 6.07) is 6.62. The molecule has 0 heterocycles. The molecule has 0 unspecified atom stereocenters. The minimum atomic E-state index is 0.120. The van der Waals surface area contributed by atoms with Crippen molar-refractivity contribution in [2.24, 2.45) is 5.92 Å². The van der Waals surface area contributed by atoms with Gasteiger partial charge in [-0.15, -0.1) is 0 Å². The molecule has 1 N–H and O–H groups in total. The molecule has 0 bridgehead atoms. The number of aryl methyl sites for hydroxylation is 2. The van der Waals surface area contributed by atoms with Gasteiger partial charge in [-0.3, -0.25) is 4.79 Å². The van der Waals surface area contributed by atoms with E-state index in [4.69, 9.17) is 0 Å². The van der Waals surface area contributed by atoms with E-state index in [9.17, 15) is 4.79 Å². The number of nitrogens with one attached hydrogen (secondary N) is 1. The van der Waals surface area contributed by atoms with Crippen molar-refractivity contribution in [2.75, 3.05) is 0 Å². The van der Waals surface area contributed by atoms with Gasteiger partial charge in [0.05, 0.1) is 0 Å². The summed E-state index contributed by atoms with van der Waals surface area (Å²) in [7, 11) is 0. The predicted molar refractivity (Wildman–Crippen MR) is 77.4 cm³/mol. The fourth-order valence-corrected chi connectivity index (χ4v) is 3.39. The van der Waals surface area contributed by atoms with Gasteiger partial charge < -0.3 is 5.32 Å². The Morgan fingerprint density at radius 3 is 2.63 bits per heavy atom. The van der Waals surface area contributed by atoms with Gasteiger partial charge in [0.15, 0.2) is 0 Å². The maximum Gasteiger partial charge on any atom is 0.251 e. The van der Waals surface area contributed by atoms with Crippen LogP contribution in [0.4, 0.5) is 0 Å². The molecule has 102 valence electrons. The van der Waals surface area contributed by atoms with Gasteiger partial charge in [0.2, 0.25) is 0 Å². The zero-order valence-corrected chi connectivity index (χ0v) is 11.7. The van der Waals surface area contributed by atoms with Crippen molar-refractivity contribution in [3.05, 3.63) is 34.9 Å². The number of carbonyl (C=O) groups excluding carboxylic acids is 1. The van der Waals surface area contributed by atoms with Crippen LogP contribution in [-0.2, 0) is 12.8 Å². The van der Waals surface area contributed by atoms with E-state index in [1.54, 1.807) is 0 Å².